The minimum Gasteiger partial charge on any atom is -0.491 e. The largest absolute Gasteiger partial charge is 0.491 e. The van der Waals surface area contributed by atoms with Crippen molar-refractivity contribution in [1.82, 2.24) is 5.32 Å². The Labute approximate surface area is 117 Å². The number of rotatable bonds is 5. The fourth-order valence-electron chi connectivity index (χ4n) is 2.90. The van der Waals surface area contributed by atoms with Crippen LogP contribution >= 0.6 is 0 Å². The molecule has 1 aliphatic rings. The quantitative estimate of drug-likeness (QED) is 0.865. The van der Waals surface area contributed by atoms with Gasteiger partial charge in [-0.2, -0.15) is 0 Å². The maximum atomic E-state index is 5.74. The van der Waals surface area contributed by atoms with Gasteiger partial charge in [0.15, 0.2) is 0 Å². The molecule has 106 valence electrons. The molecule has 0 aromatic heterocycles. The van der Waals surface area contributed by atoms with Gasteiger partial charge in [0.25, 0.3) is 0 Å². The first-order valence-corrected chi connectivity index (χ1v) is 7.55. The number of hydrogen-bond acceptors (Lipinski definition) is 2. The van der Waals surface area contributed by atoms with Crippen LogP contribution in [0.5, 0.6) is 5.75 Å². The monoisotopic (exact) mass is 261 g/mol. The predicted molar refractivity (Wildman–Crippen MR) is 80.4 cm³/mol. The van der Waals surface area contributed by atoms with E-state index in [9.17, 15) is 0 Å². The molecule has 0 radical (unpaired) electrons. The number of hydrogen-bond donors (Lipinski definition) is 1. The van der Waals surface area contributed by atoms with Crippen LogP contribution in [0.3, 0.4) is 0 Å². The molecule has 0 spiro atoms. The van der Waals surface area contributed by atoms with E-state index in [0.29, 0.717) is 6.04 Å². The number of benzene rings is 1. The normalized spacial score (nSPS) is 26.9. The molecule has 1 N–H and O–H groups in total. The van der Waals surface area contributed by atoms with Crippen LogP contribution in [0.4, 0.5) is 0 Å². The van der Waals surface area contributed by atoms with Gasteiger partial charge in [-0.05, 0) is 56.2 Å². The average Bonchev–Trinajstić information content (AvgIpc) is 2.67. The fourth-order valence-corrected chi connectivity index (χ4v) is 2.90. The van der Waals surface area contributed by atoms with Gasteiger partial charge in [0.1, 0.15) is 5.75 Å². The van der Waals surface area contributed by atoms with Crippen LogP contribution in [0.1, 0.15) is 46.1 Å². The second-order valence-corrected chi connectivity index (χ2v) is 6.22. The summed E-state index contributed by atoms with van der Waals surface area (Å²) in [6.07, 6.45) is 2.90. The molecule has 1 aliphatic carbocycles. The molecule has 1 fully saturated rings. The van der Waals surface area contributed by atoms with Crippen molar-refractivity contribution < 1.29 is 4.74 Å². The smallest absolute Gasteiger partial charge is 0.120 e. The molecule has 0 amide bonds. The highest BCUT2D eigenvalue weighted by molar-refractivity contribution is 5.28. The van der Waals surface area contributed by atoms with Gasteiger partial charge >= 0.3 is 0 Å². The number of nitrogens with one attached hydrogen (secondary N) is 1. The van der Waals surface area contributed by atoms with Gasteiger partial charge < -0.3 is 10.1 Å². The van der Waals surface area contributed by atoms with Crippen molar-refractivity contribution in [3.8, 4) is 5.75 Å². The lowest BCUT2D eigenvalue weighted by Gasteiger charge is -2.20. The third-order valence-corrected chi connectivity index (χ3v) is 4.30. The molecule has 0 heterocycles. The molecular weight excluding hydrogens is 234 g/mol. The van der Waals surface area contributed by atoms with E-state index in [1.165, 1.54) is 18.4 Å². The Morgan fingerprint density at radius 3 is 2.68 bits per heavy atom. The van der Waals surface area contributed by atoms with E-state index < -0.39 is 0 Å². The second-order valence-electron chi connectivity index (χ2n) is 6.22. The van der Waals surface area contributed by atoms with Crippen molar-refractivity contribution in [2.24, 2.45) is 11.8 Å². The van der Waals surface area contributed by atoms with Crippen LogP contribution < -0.4 is 10.1 Å². The van der Waals surface area contributed by atoms with Gasteiger partial charge in [-0.25, -0.2) is 0 Å². The molecule has 0 saturated heterocycles. The molecule has 1 saturated carbocycles. The fraction of sp³-hybridized carbons (Fsp3) is 0.647. The molecule has 19 heavy (non-hydrogen) atoms. The minimum atomic E-state index is 0.235. The predicted octanol–water partition coefficient (Wildman–Crippen LogP) is 4.00. The molecule has 2 heteroatoms. The van der Waals surface area contributed by atoms with Gasteiger partial charge in [0, 0.05) is 12.6 Å². The Balaban J connectivity index is 1.89. The molecule has 0 bridgehead atoms. The first-order chi connectivity index (χ1) is 9.06. The second kappa shape index (κ2) is 6.42. The van der Waals surface area contributed by atoms with Gasteiger partial charge in [0.2, 0.25) is 0 Å². The maximum absolute atomic E-state index is 5.74. The van der Waals surface area contributed by atoms with E-state index in [2.05, 4.69) is 51.2 Å². The summed E-state index contributed by atoms with van der Waals surface area (Å²) >= 11 is 0. The molecule has 1 aromatic carbocycles. The van der Waals surface area contributed by atoms with Crippen molar-refractivity contribution in [3.05, 3.63) is 29.8 Å². The highest BCUT2D eigenvalue weighted by Crippen LogP contribution is 2.31. The van der Waals surface area contributed by atoms with Crippen molar-refractivity contribution in [3.63, 3.8) is 0 Å². The van der Waals surface area contributed by atoms with Crippen LogP contribution in [-0.2, 0) is 6.54 Å². The first kappa shape index (κ1) is 14.4. The summed E-state index contributed by atoms with van der Waals surface area (Å²) in [6, 6.07) is 9.10. The van der Waals surface area contributed by atoms with Crippen LogP contribution in [0.25, 0.3) is 0 Å². The standard InChI is InChI=1S/C17H27NO/c1-12(2)19-16-7-5-6-15(10-16)11-18-17-9-8-13(3)14(17)4/h5-7,10,12-14,17-18H,8-9,11H2,1-4H3. The van der Waals surface area contributed by atoms with Gasteiger partial charge in [-0.1, -0.05) is 26.0 Å². The molecule has 3 atom stereocenters. The SMILES string of the molecule is CC(C)Oc1cccc(CNC2CCC(C)C2C)c1. The zero-order chi connectivity index (χ0) is 13.8. The minimum absolute atomic E-state index is 0.235. The van der Waals surface area contributed by atoms with Crippen LogP contribution in [0.15, 0.2) is 24.3 Å². The summed E-state index contributed by atoms with van der Waals surface area (Å²) in [5.41, 5.74) is 1.31. The lowest BCUT2D eigenvalue weighted by Crippen LogP contribution is -2.31. The van der Waals surface area contributed by atoms with Crippen molar-refractivity contribution in [2.45, 2.75) is 59.2 Å². The summed E-state index contributed by atoms with van der Waals surface area (Å²) in [5, 5.41) is 3.70. The molecule has 1 aromatic rings. The molecule has 2 rings (SSSR count). The third-order valence-electron chi connectivity index (χ3n) is 4.30. The average molecular weight is 261 g/mol. The summed E-state index contributed by atoms with van der Waals surface area (Å²) < 4.78 is 5.74. The third kappa shape index (κ3) is 3.97. The van der Waals surface area contributed by atoms with Crippen molar-refractivity contribution in [2.75, 3.05) is 0 Å². The molecular formula is C17H27NO. The molecule has 0 aliphatic heterocycles. The van der Waals surface area contributed by atoms with Gasteiger partial charge in [-0.3, -0.25) is 0 Å². The maximum Gasteiger partial charge on any atom is 0.120 e. The van der Waals surface area contributed by atoms with E-state index in [0.717, 1.165) is 24.1 Å². The Morgan fingerprint density at radius 2 is 2.05 bits per heavy atom. The van der Waals surface area contributed by atoms with E-state index in [-0.39, 0.29) is 6.10 Å². The van der Waals surface area contributed by atoms with Gasteiger partial charge in [0.05, 0.1) is 6.10 Å². The molecule has 2 nitrogen and oxygen atoms in total. The van der Waals surface area contributed by atoms with Crippen LogP contribution in [0, 0.1) is 11.8 Å². The highest BCUT2D eigenvalue weighted by atomic mass is 16.5. The lowest BCUT2D eigenvalue weighted by molar-refractivity contribution is 0.242. The summed E-state index contributed by atoms with van der Waals surface area (Å²) in [4.78, 5) is 0. The topological polar surface area (TPSA) is 21.3 Å². The zero-order valence-electron chi connectivity index (χ0n) is 12.6. The highest BCUT2D eigenvalue weighted by Gasteiger charge is 2.28. The van der Waals surface area contributed by atoms with Crippen LogP contribution in [-0.4, -0.2) is 12.1 Å². The lowest BCUT2D eigenvalue weighted by atomic mass is 9.98. The van der Waals surface area contributed by atoms with E-state index in [1.54, 1.807) is 0 Å². The van der Waals surface area contributed by atoms with Crippen molar-refractivity contribution >= 4 is 0 Å². The Hall–Kier alpha value is -1.02. The Bertz CT molecular complexity index is 402. The Morgan fingerprint density at radius 1 is 1.26 bits per heavy atom. The first-order valence-electron chi connectivity index (χ1n) is 7.55. The van der Waals surface area contributed by atoms with Gasteiger partial charge in [-0.15, -0.1) is 0 Å². The molecule has 3 unspecified atom stereocenters. The van der Waals surface area contributed by atoms with Crippen molar-refractivity contribution in [1.29, 1.82) is 0 Å². The summed E-state index contributed by atoms with van der Waals surface area (Å²) in [7, 11) is 0. The summed E-state index contributed by atoms with van der Waals surface area (Å²) in [6.45, 7) is 9.80. The van der Waals surface area contributed by atoms with E-state index in [1.807, 2.05) is 6.07 Å². The van der Waals surface area contributed by atoms with E-state index in [4.69, 9.17) is 4.74 Å². The Kier molecular flexibility index (Phi) is 4.87. The zero-order valence-corrected chi connectivity index (χ0v) is 12.6. The van der Waals surface area contributed by atoms with E-state index >= 15 is 0 Å². The number of ether oxygens (including phenoxy) is 1. The summed E-state index contributed by atoms with van der Waals surface area (Å²) in [5.74, 6) is 2.62. The van der Waals surface area contributed by atoms with Crippen LogP contribution in [0.2, 0.25) is 0 Å².